The van der Waals surface area contributed by atoms with Crippen molar-refractivity contribution in [2.24, 2.45) is 5.10 Å². The van der Waals surface area contributed by atoms with Crippen molar-refractivity contribution in [1.29, 1.82) is 0 Å². The quantitative estimate of drug-likeness (QED) is 0.516. The van der Waals surface area contributed by atoms with Gasteiger partial charge in [-0.05, 0) is 41.9 Å². The summed E-state index contributed by atoms with van der Waals surface area (Å²) in [5.74, 6) is 0. The zero-order valence-electron chi connectivity index (χ0n) is 11.4. The maximum absolute atomic E-state index is 4.95. The largest absolute Gasteiger partial charge is 0.364 e. The van der Waals surface area contributed by atoms with Gasteiger partial charge in [-0.15, -0.1) is 0 Å². The Labute approximate surface area is 123 Å². The van der Waals surface area contributed by atoms with Crippen LogP contribution in [0.1, 0.15) is 11.3 Å². The highest BCUT2D eigenvalue weighted by molar-refractivity contribution is 7.80. The second kappa shape index (κ2) is 6.77. The van der Waals surface area contributed by atoms with Gasteiger partial charge in [0.1, 0.15) is 0 Å². The fraction of sp³-hybridized carbons (Fsp3) is 0.133. The molecule has 0 saturated heterocycles. The van der Waals surface area contributed by atoms with Gasteiger partial charge >= 0.3 is 0 Å². The molecule has 0 spiro atoms. The number of nitrogens with one attached hydrogen (secondary N) is 2. The smallest absolute Gasteiger partial charge is 0.186 e. The van der Waals surface area contributed by atoms with Gasteiger partial charge in [-0.2, -0.15) is 5.10 Å². The van der Waals surface area contributed by atoms with Gasteiger partial charge in [0.05, 0.1) is 11.9 Å². The second-order valence-electron chi connectivity index (χ2n) is 4.18. The van der Waals surface area contributed by atoms with Gasteiger partial charge in [0, 0.05) is 13.2 Å². The summed E-state index contributed by atoms with van der Waals surface area (Å²) in [7, 11) is 1.74. The highest BCUT2D eigenvalue weighted by Crippen LogP contribution is 2.23. The van der Waals surface area contributed by atoms with Crippen molar-refractivity contribution in [1.82, 2.24) is 15.7 Å². The van der Waals surface area contributed by atoms with Gasteiger partial charge in [-0.3, -0.25) is 10.4 Å². The van der Waals surface area contributed by atoms with Gasteiger partial charge < -0.3 is 5.32 Å². The summed E-state index contributed by atoms with van der Waals surface area (Å²) in [5.41, 5.74) is 6.94. The van der Waals surface area contributed by atoms with Crippen molar-refractivity contribution in [3.63, 3.8) is 0 Å². The molecule has 0 fully saturated rings. The van der Waals surface area contributed by atoms with E-state index in [2.05, 4.69) is 33.0 Å². The molecule has 5 heteroatoms. The molecule has 0 atom stereocenters. The van der Waals surface area contributed by atoms with Crippen LogP contribution in [-0.2, 0) is 0 Å². The number of benzene rings is 1. The number of hydrazone groups is 1. The first kappa shape index (κ1) is 14.1. The lowest BCUT2D eigenvalue weighted by molar-refractivity contribution is 0.980. The Hall–Kier alpha value is -2.27. The molecule has 0 aliphatic rings. The standard InChI is InChI=1S/C15H16N4S/c1-11-13(12-6-4-3-5-7-12)8-9-17-14(11)10-18-19-15(20)16-2/h3-10H,1-2H3,(H2,16,19,20)/b18-10+. The monoisotopic (exact) mass is 284 g/mol. The SMILES string of the molecule is CNC(=S)N/N=C/c1nccc(-c2ccccc2)c1C. The zero-order chi connectivity index (χ0) is 14.4. The average Bonchev–Trinajstić information content (AvgIpc) is 2.49. The summed E-state index contributed by atoms with van der Waals surface area (Å²) < 4.78 is 0. The predicted octanol–water partition coefficient (Wildman–Crippen LogP) is 2.48. The van der Waals surface area contributed by atoms with Crippen LogP contribution < -0.4 is 10.7 Å². The number of hydrogen-bond donors (Lipinski definition) is 2. The van der Waals surface area contributed by atoms with Gasteiger partial charge in [-0.1, -0.05) is 30.3 Å². The molecular weight excluding hydrogens is 268 g/mol. The Kier molecular flexibility index (Phi) is 4.79. The molecule has 1 aromatic heterocycles. The van der Waals surface area contributed by atoms with E-state index in [1.54, 1.807) is 19.5 Å². The molecule has 2 rings (SSSR count). The van der Waals surface area contributed by atoms with Crippen molar-refractivity contribution in [2.45, 2.75) is 6.92 Å². The molecule has 0 aliphatic carbocycles. The summed E-state index contributed by atoms with van der Waals surface area (Å²) in [6.07, 6.45) is 3.46. The van der Waals surface area contributed by atoms with Crippen molar-refractivity contribution >= 4 is 23.5 Å². The third kappa shape index (κ3) is 3.39. The van der Waals surface area contributed by atoms with E-state index in [0.29, 0.717) is 5.11 Å². The molecule has 0 aliphatic heterocycles. The Bertz CT molecular complexity index is 623. The molecule has 0 radical (unpaired) electrons. The van der Waals surface area contributed by atoms with Gasteiger partial charge in [0.15, 0.2) is 5.11 Å². The minimum absolute atomic E-state index is 0.470. The Balaban J connectivity index is 2.26. The number of rotatable bonds is 3. The highest BCUT2D eigenvalue weighted by Gasteiger charge is 2.05. The van der Waals surface area contributed by atoms with Crippen LogP contribution in [0.25, 0.3) is 11.1 Å². The Morgan fingerprint density at radius 2 is 2.00 bits per heavy atom. The van der Waals surface area contributed by atoms with Crippen LogP contribution in [-0.4, -0.2) is 23.4 Å². The highest BCUT2D eigenvalue weighted by atomic mass is 32.1. The van der Waals surface area contributed by atoms with E-state index in [1.165, 1.54) is 5.56 Å². The topological polar surface area (TPSA) is 49.3 Å². The van der Waals surface area contributed by atoms with Crippen LogP contribution in [0, 0.1) is 6.92 Å². The molecule has 4 nitrogen and oxygen atoms in total. The van der Waals surface area contributed by atoms with E-state index in [0.717, 1.165) is 16.8 Å². The third-order valence-electron chi connectivity index (χ3n) is 2.91. The number of aromatic nitrogens is 1. The molecule has 1 aromatic carbocycles. The van der Waals surface area contributed by atoms with Crippen molar-refractivity contribution in [3.05, 3.63) is 53.9 Å². The fourth-order valence-electron chi connectivity index (χ4n) is 1.82. The summed E-state index contributed by atoms with van der Waals surface area (Å²) in [4.78, 5) is 4.33. The molecular formula is C15H16N4S. The van der Waals surface area contributed by atoms with Crippen LogP contribution in [0.15, 0.2) is 47.7 Å². The van der Waals surface area contributed by atoms with Crippen LogP contribution in [0.4, 0.5) is 0 Å². The lowest BCUT2D eigenvalue weighted by atomic mass is 10.0. The van der Waals surface area contributed by atoms with Crippen LogP contribution in [0.5, 0.6) is 0 Å². The second-order valence-corrected chi connectivity index (χ2v) is 4.59. The van der Waals surface area contributed by atoms with Gasteiger partial charge in [-0.25, -0.2) is 0 Å². The first-order chi connectivity index (χ1) is 9.72. The molecule has 0 bridgehead atoms. The van der Waals surface area contributed by atoms with E-state index in [1.807, 2.05) is 31.2 Å². The van der Waals surface area contributed by atoms with Crippen molar-refractivity contribution in [2.75, 3.05) is 7.05 Å². The molecule has 20 heavy (non-hydrogen) atoms. The molecule has 102 valence electrons. The van der Waals surface area contributed by atoms with E-state index in [-0.39, 0.29) is 0 Å². The van der Waals surface area contributed by atoms with E-state index < -0.39 is 0 Å². The maximum Gasteiger partial charge on any atom is 0.186 e. The molecule has 2 aromatic rings. The van der Waals surface area contributed by atoms with Crippen molar-refractivity contribution < 1.29 is 0 Å². The first-order valence-electron chi connectivity index (χ1n) is 6.24. The van der Waals surface area contributed by atoms with E-state index in [4.69, 9.17) is 12.2 Å². The first-order valence-corrected chi connectivity index (χ1v) is 6.65. The molecule has 0 saturated carbocycles. The van der Waals surface area contributed by atoms with Gasteiger partial charge in [0.2, 0.25) is 0 Å². The fourth-order valence-corrected chi connectivity index (χ4v) is 1.87. The Morgan fingerprint density at radius 1 is 1.25 bits per heavy atom. The lowest BCUT2D eigenvalue weighted by Gasteiger charge is -2.08. The molecule has 1 heterocycles. The minimum Gasteiger partial charge on any atom is -0.364 e. The molecule has 0 unspecified atom stereocenters. The molecule has 2 N–H and O–H groups in total. The van der Waals surface area contributed by atoms with E-state index >= 15 is 0 Å². The Morgan fingerprint density at radius 3 is 2.70 bits per heavy atom. The van der Waals surface area contributed by atoms with Crippen molar-refractivity contribution in [3.8, 4) is 11.1 Å². The van der Waals surface area contributed by atoms with Crippen LogP contribution in [0.3, 0.4) is 0 Å². The van der Waals surface area contributed by atoms with Gasteiger partial charge in [0.25, 0.3) is 0 Å². The number of pyridine rings is 1. The number of thiocarbonyl (C=S) groups is 1. The predicted molar refractivity (Wildman–Crippen MR) is 86.8 cm³/mol. The van der Waals surface area contributed by atoms with Crippen LogP contribution >= 0.6 is 12.2 Å². The summed E-state index contributed by atoms with van der Waals surface area (Å²) in [6.45, 7) is 2.03. The third-order valence-corrected chi connectivity index (χ3v) is 3.20. The zero-order valence-corrected chi connectivity index (χ0v) is 12.2. The number of hydrogen-bond acceptors (Lipinski definition) is 3. The minimum atomic E-state index is 0.470. The maximum atomic E-state index is 4.95. The summed E-state index contributed by atoms with van der Waals surface area (Å²) >= 11 is 4.95. The number of nitrogens with zero attached hydrogens (tertiary/aromatic N) is 2. The van der Waals surface area contributed by atoms with E-state index in [9.17, 15) is 0 Å². The molecule has 0 amide bonds. The average molecular weight is 284 g/mol. The summed E-state index contributed by atoms with van der Waals surface area (Å²) in [5, 5.41) is 7.33. The van der Waals surface area contributed by atoms with Crippen LogP contribution in [0.2, 0.25) is 0 Å². The lowest BCUT2D eigenvalue weighted by Crippen LogP contribution is -2.28. The normalized spacial score (nSPS) is 10.5. The summed E-state index contributed by atoms with van der Waals surface area (Å²) in [6, 6.07) is 12.2.